The fourth-order valence-corrected chi connectivity index (χ4v) is 4.28. The van der Waals surface area contributed by atoms with Crippen LogP contribution < -0.4 is 10.6 Å². The van der Waals surface area contributed by atoms with Crippen LogP contribution >= 0.6 is 0 Å². The predicted octanol–water partition coefficient (Wildman–Crippen LogP) is 4.83. The lowest BCUT2D eigenvalue weighted by atomic mass is 10.0. The van der Waals surface area contributed by atoms with Gasteiger partial charge in [-0.25, -0.2) is 0 Å². The van der Waals surface area contributed by atoms with Gasteiger partial charge in [-0.3, -0.25) is 10.3 Å². The number of nitrogens with two attached hydrogens (primary N) is 1. The number of hydrogen-bond donors (Lipinski definition) is 3. The molecule has 0 fully saturated rings. The Morgan fingerprint density at radius 3 is 2.41 bits per heavy atom. The highest BCUT2D eigenvalue weighted by molar-refractivity contribution is 6.15. The molecule has 4 N–H and O–H groups in total. The molecule has 0 saturated heterocycles. The number of aromatic hydroxyl groups is 1. The minimum Gasteiger partial charge on any atom is -0.506 e. The molecule has 1 aliphatic carbocycles. The summed E-state index contributed by atoms with van der Waals surface area (Å²) in [5.74, 6) is -0.0208. The third-order valence-corrected chi connectivity index (χ3v) is 5.44. The second-order valence-electron chi connectivity index (χ2n) is 6.96. The first kappa shape index (κ1) is 15.7. The SMILES string of the molecule is N=C(N)N(c1c(O)ccc2ccccc12)c1ccc2c3c(cccc13)CC2. The lowest BCUT2D eigenvalue weighted by Crippen LogP contribution is -2.32. The van der Waals surface area contributed by atoms with Crippen molar-refractivity contribution >= 4 is 38.9 Å². The Balaban J connectivity index is 1.85. The largest absolute Gasteiger partial charge is 0.506 e. The number of hydrogen-bond acceptors (Lipinski definition) is 2. The van der Waals surface area contributed by atoms with Crippen LogP contribution in [-0.4, -0.2) is 11.1 Å². The van der Waals surface area contributed by atoms with Gasteiger partial charge in [0.25, 0.3) is 0 Å². The van der Waals surface area contributed by atoms with Gasteiger partial charge in [0.05, 0.1) is 11.4 Å². The molecule has 5 rings (SSSR count). The van der Waals surface area contributed by atoms with Crippen LogP contribution in [0.3, 0.4) is 0 Å². The standard InChI is InChI=1S/C23H19N3O/c24-23(25)26(22-17-6-2-1-4-14(17)11-13-20(22)27)19-12-10-16-9-8-15-5-3-7-18(19)21(15)16/h1-7,10-13,27H,8-9H2,(H3,24,25). The molecule has 0 heterocycles. The highest BCUT2D eigenvalue weighted by Crippen LogP contribution is 2.43. The minimum atomic E-state index is -0.125. The zero-order valence-corrected chi connectivity index (χ0v) is 14.7. The van der Waals surface area contributed by atoms with Crippen LogP contribution in [0.1, 0.15) is 11.1 Å². The maximum atomic E-state index is 10.7. The van der Waals surface area contributed by atoms with Crippen molar-refractivity contribution in [3.63, 3.8) is 0 Å². The van der Waals surface area contributed by atoms with E-state index in [9.17, 15) is 5.11 Å². The van der Waals surface area contributed by atoms with Crippen LogP contribution in [0.15, 0.2) is 66.7 Å². The Morgan fingerprint density at radius 2 is 1.59 bits per heavy atom. The summed E-state index contributed by atoms with van der Waals surface area (Å²) in [7, 11) is 0. The van der Waals surface area contributed by atoms with E-state index in [1.807, 2.05) is 36.4 Å². The number of phenols is 1. The fraction of sp³-hybridized carbons (Fsp3) is 0.0870. The van der Waals surface area contributed by atoms with Crippen LogP contribution in [0.4, 0.5) is 11.4 Å². The van der Waals surface area contributed by atoms with E-state index in [0.29, 0.717) is 5.69 Å². The van der Waals surface area contributed by atoms with Gasteiger partial charge < -0.3 is 10.8 Å². The molecule has 4 aromatic carbocycles. The zero-order chi connectivity index (χ0) is 18.5. The van der Waals surface area contributed by atoms with Gasteiger partial charge in [0.1, 0.15) is 5.75 Å². The van der Waals surface area contributed by atoms with Crippen LogP contribution in [0.5, 0.6) is 5.75 Å². The van der Waals surface area contributed by atoms with Crippen LogP contribution in [0, 0.1) is 5.41 Å². The predicted molar refractivity (Wildman–Crippen MR) is 111 cm³/mol. The van der Waals surface area contributed by atoms with Crippen molar-refractivity contribution in [2.24, 2.45) is 5.73 Å². The van der Waals surface area contributed by atoms with Crippen molar-refractivity contribution in [1.82, 2.24) is 0 Å². The number of rotatable bonds is 2. The summed E-state index contributed by atoms with van der Waals surface area (Å²) in [6.45, 7) is 0. The number of nitrogens with zero attached hydrogens (tertiary/aromatic N) is 1. The highest BCUT2D eigenvalue weighted by Gasteiger charge is 2.24. The molecule has 0 radical (unpaired) electrons. The Morgan fingerprint density at radius 1 is 0.852 bits per heavy atom. The van der Waals surface area contributed by atoms with Crippen molar-refractivity contribution in [2.45, 2.75) is 12.8 Å². The molecule has 0 atom stereocenters. The van der Waals surface area contributed by atoms with E-state index >= 15 is 0 Å². The summed E-state index contributed by atoms with van der Waals surface area (Å²) in [6.07, 6.45) is 2.07. The first-order chi connectivity index (χ1) is 13.1. The fourth-order valence-electron chi connectivity index (χ4n) is 4.28. The minimum absolute atomic E-state index is 0.104. The average molecular weight is 353 g/mol. The summed E-state index contributed by atoms with van der Waals surface area (Å²) < 4.78 is 0. The van der Waals surface area contributed by atoms with E-state index in [4.69, 9.17) is 11.1 Å². The maximum absolute atomic E-state index is 10.7. The molecule has 0 spiro atoms. The molecule has 4 nitrogen and oxygen atoms in total. The second kappa shape index (κ2) is 5.74. The molecular weight excluding hydrogens is 334 g/mol. The lowest BCUT2D eigenvalue weighted by Gasteiger charge is -2.27. The van der Waals surface area contributed by atoms with Gasteiger partial charge in [-0.1, -0.05) is 54.6 Å². The van der Waals surface area contributed by atoms with Gasteiger partial charge in [0, 0.05) is 10.8 Å². The van der Waals surface area contributed by atoms with Gasteiger partial charge in [-0.15, -0.1) is 0 Å². The molecule has 0 aromatic heterocycles. The molecule has 0 unspecified atom stereocenters. The summed E-state index contributed by atoms with van der Waals surface area (Å²) in [6, 6.07) is 21.8. The molecular formula is C23H19N3O. The third-order valence-electron chi connectivity index (χ3n) is 5.44. The normalized spacial score (nSPS) is 12.6. The summed E-state index contributed by atoms with van der Waals surface area (Å²) >= 11 is 0. The molecule has 0 saturated carbocycles. The third kappa shape index (κ3) is 2.27. The van der Waals surface area contributed by atoms with Crippen LogP contribution in [0.25, 0.3) is 21.5 Å². The average Bonchev–Trinajstić information content (AvgIpc) is 3.10. The Kier molecular flexibility index (Phi) is 3.34. The van der Waals surface area contributed by atoms with E-state index in [1.165, 1.54) is 16.5 Å². The first-order valence-electron chi connectivity index (χ1n) is 9.03. The second-order valence-corrected chi connectivity index (χ2v) is 6.96. The number of guanidine groups is 1. The van der Waals surface area contributed by atoms with Crippen molar-refractivity contribution in [3.05, 3.63) is 77.9 Å². The number of nitrogens with one attached hydrogen (secondary N) is 1. The summed E-state index contributed by atoms with van der Waals surface area (Å²) in [4.78, 5) is 1.65. The Bertz CT molecular complexity index is 1220. The summed E-state index contributed by atoms with van der Waals surface area (Å²) in [5, 5.41) is 23.1. The quantitative estimate of drug-likeness (QED) is 0.357. The van der Waals surface area contributed by atoms with Crippen molar-refractivity contribution < 1.29 is 5.11 Å². The molecule has 132 valence electrons. The molecule has 4 heteroatoms. The molecule has 1 aliphatic rings. The van der Waals surface area contributed by atoms with Crippen molar-refractivity contribution in [3.8, 4) is 5.75 Å². The summed E-state index contributed by atoms with van der Waals surface area (Å²) in [5.41, 5.74) is 10.1. The molecule has 0 bridgehead atoms. The molecule has 27 heavy (non-hydrogen) atoms. The number of aryl methyl sites for hydroxylation is 2. The van der Waals surface area contributed by atoms with Gasteiger partial charge >= 0.3 is 0 Å². The Labute approximate surface area is 157 Å². The van der Waals surface area contributed by atoms with E-state index in [-0.39, 0.29) is 11.7 Å². The maximum Gasteiger partial charge on any atom is 0.197 e. The van der Waals surface area contributed by atoms with E-state index in [2.05, 4.69) is 24.3 Å². The number of phenolic OH excluding ortho intramolecular Hbond substituents is 1. The van der Waals surface area contributed by atoms with Gasteiger partial charge in [0.15, 0.2) is 5.96 Å². The topological polar surface area (TPSA) is 73.3 Å². The van der Waals surface area contributed by atoms with E-state index in [1.54, 1.807) is 11.0 Å². The molecule has 0 aliphatic heterocycles. The van der Waals surface area contributed by atoms with Crippen molar-refractivity contribution in [2.75, 3.05) is 4.90 Å². The smallest absolute Gasteiger partial charge is 0.197 e. The van der Waals surface area contributed by atoms with Gasteiger partial charge in [0.2, 0.25) is 0 Å². The van der Waals surface area contributed by atoms with Crippen LogP contribution in [0.2, 0.25) is 0 Å². The van der Waals surface area contributed by atoms with E-state index < -0.39 is 0 Å². The monoisotopic (exact) mass is 353 g/mol. The van der Waals surface area contributed by atoms with Gasteiger partial charge in [-0.2, -0.15) is 0 Å². The lowest BCUT2D eigenvalue weighted by molar-refractivity contribution is 0.477. The van der Waals surface area contributed by atoms with Crippen LogP contribution in [-0.2, 0) is 12.8 Å². The highest BCUT2D eigenvalue weighted by atomic mass is 16.3. The molecule has 4 aromatic rings. The zero-order valence-electron chi connectivity index (χ0n) is 14.7. The van der Waals surface area contributed by atoms with Gasteiger partial charge in [-0.05, 0) is 46.9 Å². The number of fused-ring (bicyclic) bond motifs is 1. The first-order valence-corrected chi connectivity index (χ1v) is 9.03. The molecule has 0 amide bonds. The number of anilines is 2. The Hall–Kier alpha value is -3.53. The number of benzene rings is 4. The van der Waals surface area contributed by atoms with E-state index in [0.717, 1.165) is 34.7 Å². The van der Waals surface area contributed by atoms with Crippen molar-refractivity contribution in [1.29, 1.82) is 5.41 Å².